The van der Waals surface area contributed by atoms with Crippen LogP contribution in [0.2, 0.25) is 0 Å². The van der Waals surface area contributed by atoms with Gasteiger partial charge in [0.1, 0.15) is 23.7 Å². The van der Waals surface area contributed by atoms with Gasteiger partial charge in [-0.3, -0.25) is 14.4 Å². The second-order valence-electron chi connectivity index (χ2n) is 12.6. The van der Waals surface area contributed by atoms with E-state index in [1.54, 1.807) is 20.4 Å². The summed E-state index contributed by atoms with van der Waals surface area (Å²) in [5, 5.41) is 16.6. The number of nitriles is 1. The fourth-order valence-electron chi connectivity index (χ4n) is 6.67. The number of benzene rings is 1. The van der Waals surface area contributed by atoms with Crippen LogP contribution < -0.4 is 15.0 Å². The number of nitrogens with zero attached hydrogens (tertiary/aromatic N) is 5. The number of alkyl carbamates (subject to hydrolysis) is 1. The molecule has 2 aliphatic carbocycles. The number of amides is 2. The van der Waals surface area contributed by atoms with Crippen molar-refractivity contribution < 1.29 is 19.1 Å². The number of hydrogen-bond acceptors (Lipinski definition) is 7. The normalized spacial score (nSPS) is 21.5. The van der Waals surface area contributed by atoms with Crippen LogP contribution in [0.3, 0.4) is 0 Å². The molecule has 2 heterocycles. The van der Waals surface area contributed by atoms with Crippen LogP contribution in [0.15, 0.2) is 48.9 Å². The molecule has 0 bridgehead atoms. The molecule has 2 amide bonds. The average Bonchev–Trinajstić information content (AvgIpc) is 3.58. The zero-order valence-corrected chi connectivity index (χ0v) is 26.7. The molecule has 45 heavy (non-hydrogen) atoms. The van der Waals surface area contributed by atoms with Crippen molar-refractivity contribution in [2.45, 2.75) is 83.3 Å². The van der Waals surface area contributed by atoms with E-state index in [1.807, 2.05) is 46.2 Å². The third kappa shape index (κ3) is 7.64. The fourth-order valence-corrected chi connectivity index (χ4v) is 6.67. The summed E-state index contributed by atoms with van der Waals surface area (Å²) in [6, 6.07) is 12.4. The summed E-state index contributed by atoms with van der Waals surface area (Å²) >= 11 is 0. The molecule has 0 saturated heterocycles. The molecule has 10 nitrogen and oxygen atoms in total. The van der Waals surface area contributed by atoms with Gasteiger partial charge in [-0.1, -0.05) is 6.07 Å². The number of aromatic nitrogens is 3. The molecule has 2 aromatic heterocycles. The minimum absolute atomic E-state index is 0.0897. The van der Waals surface area contributed by atoms with Crippen LogP contribution in [0, 0.1) is 23.2 Å². The Bertz CT molecular complexity index is 1510. The van der Waals surface area contributed by atoms with Crippen molar-refractivity contribution in [2.24, 2.45) is 11.8 Å². The fraction of sp³-hybridized carbons (Fsp3) is 0.514. The molecule has 0 unspecified atom stereocenters. The molecule has 0 spiro atoms. The lowest BCUT2D eigenvalue weighted by molar-refractivity contribution is -0.124. The highest BCUT2D eigenvalue weighted by molar-refractivity contribution is 5.94. The minimum Gasteiger partial charge on any atom is -0.495 e. The van der Waals surface area contributed by atoms with Gasteiger partial charge in [-0.2, -0.15) is 10.4 Å². The zero-order valence-electron chi connectivity index (χ0n) is 26.7. The number of anilines is 1. The average molecular weight is 613 g/mol. The number of hydrogen-bond donors (Lipinski definition) is 1. The largest absolute Gasteiger partial charge is 0.495 e. The van der Waals surface area contributed by atoms with Crippen molar-refractivity contribution in [3.8, 4) is 22.9 Å². The zero-order chi connectivity index (χ0) is 31.9. The van der Waals surface area contributed by atoms with Gasteiger partial charge >= 0.3 is 6.09 Å². The first-order valence-corrected chi connectivity index (χ1v) is 16.1. The van der Waals surface area contributed by atoms with E-state index >= 15 is 0 Å². The molecule has 0 aliphatic heterocycles. The maximum Gasteiger partial charge on any atom is 0.407 e. The third-order valence-corrected chi connectivity index (χ3v) is 9.36. The van der Waals surface area contributed by atoms with Gasteiger partial charge in [0.25, 0.3) is 0 Å². The van der Waals surface area contributed by atoms with Crippen molar-refractivity contribution in [1.82, 2.24) is 20.1 Å². The van der Waals surface area contributed by atoms with E-state index in [9.17, 15) is 14.9 Å². The number of carbonyl (C=O) groups is 2. The molecule has 2 aliphatic rings. The van der Waals surface area contributed by atoms with Gasteiger partial charge in [0, 0.05) is 43.5 Å². The second-order valence-corrected chi connectivity index (χ2v) is 12.6. The van der Waals surface area contributed by atoms with E-state index in [-0.39, 0.29) is 24.0 Å². The highest BCUT2D eigenvalue weighted by Gasteiger charge is 2.34. The predicted molar refractivity (Wildman–Crippen MR) is 172 cm³/mol. The number of methoxy groups -OCH3 is 1. The number of rotatable bonds is 9. The van der Waals surface area contributed by atoms with Gasteiger partial charge < -0.3 is 14.8 Å². The van der Waals surface area contributed by atoms with Crippen molar-refractivity contribution in [2.75, 3.05) is 25.6 Å². The Morgan fingerprint density at radius 2 is 1.82 bits per heavy atom. The molecular formula is C35H44N6O4. The molecule has 1 N–H and O–H groups in total. The van der Waals surface area contributed by atoms with E-state index in [2.05, 4.69) is 36.4 Å². The van der Waals surface area contributed by atoms with Crippen molar-refractivity contribution in [1.29, 1.82) is 5.26 Å². The number of nitrogens with one attached hydrogen (secondary N) is 1. The van der Waals surface area contributed by atoms with Gasteiger partial charge in [0.2, 0.25) is 5.91 Å². The molecule has 5 rings (SSSR count). The maximum atomic E-state index is 14.2. The summed E-state index contributed by atoms with van der Waals surface area (Å²) < 4.78 is 12.7. The monoisotopic (exact) mass is 612 g/mol. The van der Waals surface area contributed by atoms with E-state index in [0.29, 0.717) is 61.2 Å². The van der Waals surface area contributed by atoms with Crippen LogP contribution in [-0.4, -0.2) is 53.6 Å². The van der Waals surface area contributed by atoms with Crippen LogP contribution in [0.4, 0.5) is 10.6 Å². The lowest BCUT2D eigenvalue weighted by Gasteiger charge is -2.35. The number of ether oxygens (including phenoxy) is 2. The SMILES string of the molecule is CNC(=O)OC1CCC(C(=O)N(CC2CCC(c3ccc(OC)c(C#N)c3)CC2)c2cc(-c3cnn(C(C)C)c3)ccn2)CC1. The molecule has 0 atom stereocenters. The highest BCUT2D eigenvalue weighted by atomic mass is 16.6. The summed E-state index contributed by atoms with van der Waals surface area (Å²) in [5.74, 6) is 1.91. The molecule has 238 valence electrons. The quantitative estimate of drug-likeness (QED) is 0.288. The lowest BCUT2D eigenvalue weighted by atomic mass is 9.78. The summed E-state index contributed by atoms with van der Waals surface area (Å²) in [4.78, 5) is 32.6. The first kappa shape index (κ1) is 32.0. The molecule has 2 fully saturated rings. The van der Waals surface area contributed by atoms with Crippen LogP contribution in [-0.2, 0) is 9.53 Å². The second kappa shape index (κ2) is 14.6. The van der Waals surface area contributed by atoms with Gasteiger partial charge in [-0.05, 0) is 112 Å². The molecule has 1 aromatic carbocycles. The highest BCUT2D eigenvalue weighted by Crippen LogP contribution is 2.39. The van der Waals surface area contributed by atoms with Crippen molar-refractivity contribution >= 4 is 17.8 Å². The number of pyridine rings is 1. The third-order valence-electron chi connectivity index (χ3n) is 9.36. The molecule has 10 heteroatoms. The van der Waals surface area contributed by atoms with Gasteiger partial charge in [0.05, 0.1) is 18.9 Å². The van der Waals surface area contributed by atoms with E-state index in [0.717, 1.165) is 36.8 Å². The minimum atomic E-state index is -0.428. The van der Waals surface area contributed by atoms with Gasteiger partial charge in [-0.15, -0.1) is 0 Å². The maximum absolute atomic E-state index is 14.2. The summed E-state index contributed by atoms with van der Waals surface area (Å²) in [6.07, 6.45) is 11.7. The summed E-state index contributed by atoms with van der Waals surface area (Å²) in [7, 11) is 3.14. The first-order valence-electron chi connectivity index (χ1n) is 16.1. The van der Waals surface area contributed by atoms with Crippen molar-refractivity contribution in [3.05, 3.63) is 60.0 Å². The summed E-state index contributed by atoms with van der Waals surface area (Å²) in [6.45, 7) is 4.79. The van der Waals surface area contributed by atoms with E-state index < -0.39 is 6.09 Å². The van der Waals surface area contributed by atoms with Crippen molar-refractivity contribution in [3.63, 3.8) is 0 Å². The van der Waals surface area contributed by atoms with Crippen LogP contribution in [0.25, 0.3) is 11.1 Å². The van der Waals surface area contributed by atoms with E-state index in [4.69, 9.17) is 14.5 Å². The molecule has 0 radical (unpaired) electrons. The van der Waals surface area contributed by atoms with Crippen LogP contribution >= 0.6 is 0 Å². The molecule has 2 saturated carbocycles. The number of carbonyl (C=O) groups excluding carboxylic acids is 2. The standard InChI is InChI=1S/C35H44N6O4/c1-23(2)41-22-30(20-39-41)28-15-16-38-33(18-28)40(34(42)26-9-12-31(13-10-26)45-35(43)37-3)21-24-5-7-25(8-6-24)27-11-14-32(44-4)29(17-27)19-36/h11,14-18,20,22-26,31H,5-10,12-13,21H2,1-4H3,(H,37,43). The van der Waals surface area contributed by atoms with Gasteiger partial charge in [-0.25, -0.2) is 9.78 Å². The Labute approximate surface area is 265 Å². The van der Waals surface area contributed by atoms with Gasteiger partial charge in [0.15, 0.2) is 0 Å². The first-order chi connectivity index (χ1) is 21.8. The smallest absolute Gasteiger partial charge is 0.407 e. The Balaban J connectivity index is 1.32. The Kier molecular flexibility index (Phi) is 10.4. The Morgan fingerprint density at radius 1 is 1.07 bits per heavy atom. The Hall–Kier alpha value is -4.39. The summed E-state index contributed by atoms with van der Waals surface area (Å²) in [5.41, 5.74) is 3.70. The molecular weight excluding hydrogens is 568 g/mol. The van der Waals surface area contributed by atoms with E-state index in [1.165, 1.54) is 5.56 Å². The van der Waals surface area contributed by atoms with Crippen LogP contribution in [0.5, 0.6) is 5.75 Å². The molecule has 3 aromatic rings. The predicted octanol–water partition coefficient (Wildman–Crippen LogP) is 6.63. The van der Waals surface area contributed by atoms with Crippen LogP contribution in [0.1, 0.15) is 88.3 Å². The Morgan fingerprint density at radius 3 is 2.47 bits per heavy atom. The topological polar surface area (TPSA) is 122 Å². The lowest BCUT2D eigenvalue weighted by Crippen LogP contribution is -2.42.